The number of alkyl halides is 1. The van der Waals surface area contributed by atoms with Crippen LogP contribution in [0.5, 0.6) is 23.0 Å². The minimum Gasteiger partial charge on any atom is -0.497 e. The van der Waals surface area contributed by atoms with Gasteiger partial charge in [0.2, 0.25) is 17.7 Å². The van der Waals surface area contributed by atoms with Crippen molar-refractivity contribution in [1.82, 2.24) is 35.7 Å². The molecular weight excluding hydrogens is 1520 g/mol. The average Bonchev–Trinajstić information content (AvgIpc) is 1.56. The minimum absolute atomic E-state index is 0.00161. The van der Waals surface area contributed by atoms with Crippen LogP contribution in [-0.4, -0.2) is 198 Å². The number of carbonyl (C=O) groups is 8. The molecule has 0 radical (unpaired) electrons. The van der Waals surface area contributed by atoms with Gasteiger partial charge in [0.1, 0.15) is 87.8 Å². The second kappa shape index (κ2) is 37.0. The standard InChI is InChI=1S/C38H52BrN4O10P.C29H37N3O9.C9H18NO3P/c1-8-23-20-38(23,54(48,50-9-2)51-10-3)42-34(45)30-18-26(52-32-19-29(31(44)21-39)40-28-17-25(49-7)15-16-27(28)32)22-43(30)35(46)33(37(4,5)6)41-36(47)53-24-13-11-12-14-24;1-29(2,3)24(31-28(37)41-16-8-6-7-9-16)25(33)32-15-18(13-22(32)26(34)35)40-23-14-21(27(36)39-5)30-20-12-17(38-4)10-11-19(20)23;1-4-8-7-9(8,10)14(11,12-5-2)13-6-3/h8,15-17,19,23-24,26,30,33H,1,9-14,18,20-22H2,2-7H3,(H,41,47)(H,42,45);10-12,14,16,18,22,24H,6-9,13,15H2,1-5H3,(H,31,37)(H,34,35);4,8H,1,5-7,10H2,2-3H3/t23-,26-,30+,33-,38+;18-,22+,24-;8?,9-/m110/s1. The number of benzene rings is 2. The molecule has 0 bridgehead atoms. The number of amides is 5. The van der Waals surface area contributed by atoms with Crippen LogP contribution in [0, 0.1) is 22.7 Å². The smallest absolute Gasteiger partial charge is 0.408 e. The summed E-state index contributed by atoms with van der Waals surface area (Å²) in [7, 11) is -2.77. The van der Waals surface area contributed by atoms with Crippen molar-refractivity contribution >= 4 is 101 Å². The number of fused-ring (bicyclic) bond motifs is 2. The number of carboxylic acid groups (broad SMARTS) is 1. The summed E-state index contributed by atoms with van der Waals surface area (Å²) in [5.74, 6) is -2.45. The third kappa shape index (κ3) is 20.5. The number of aliphatic carboxylic acids is 1. The van der Waals surface area contributed by atoms with Crippen molar-refractivity contribution in [1.29, 1.82) is 0 Å². The van der Waals surface area contributed by atoms with Crippen molar-refractivity contribution in [2.24, 2.45) is 28.4 Å². The Morgan fingerprint density at radius 2 is 1.05 bits per heavy atom. The number of rotatable bonds is 30. The topological polar surface area (TPSA) is 387 Å². The third-order valence-corrected chi connectivity index (χ3v) is 26.1. The number of hydrogen-bond acceptors (Lipinski definition) is 24. The van der Waals surface area contributed by atoms with E-state index in [1.807, 2.05) is 20.8 Å². The second-order valence-electron chi connectivity index (χ2n) is 29.8. The number of nitrogens with one attached hydrogen (secondary N) is 3. The lowest BCUT2D eigenvalue weighted by Crippen LogP contribution is -2.58. The molecule has 33 heteroatoms. The van der Waals surface area contributed by atoms with Crippen molar-refractivity contribution in [3.05, 3.63) is 85.2 Å². The second-order valence-corrected chi connectivity index (χ2v) is 35.0. The first kappa shape index (κ1) is 86.8. The van der Waals surface area contributed by atoms with Crippen LogP contribution in [-0.2, 0) is 60.6 Å². The first-order valence-corrected chi connectivity index (χ1v) is 41.2. The van der Waals surface area contributed by atoms with Gasteiger partial charge in [-0.2, -0.15) is 0 Å². The Labute approximate surface area is 645 Å². The maximum atomic E-state index is 14.7. The molecule has 2 saturated heterocycles. The average molecular weight is 1630 g/mol. The number of carboxylic acids is 1. The molecule has 4 saturated carbocycles. The number of nitrogens with zero attached hydrogens (tertiary/aromatic N) is 4. The molecule has 109 heavy (non-hydrogen) atoms. The summed E-state index contributed by atoms with van der Waals surface area (Å²) in [6, 6.07) is 8.85. The molecular formula is C76H107BrN8O22P2. The molecule has 6 aliphatic rings. The zero-order valence-electron chi connectivity index (χ0n) is 64.6. The molecule has 6 N–H and O–H groups in total. The van der Waals surface area contributed by atoms with Crippen LogP contribution in [0.1, 0.15) is 167 Å². The predicted octanol–water partition coefficient (Wildman–Crippen LogP) is 12.2. The maximum Gasteiger partial charge on any atom is 0.408 e. The van der Waals surface area contributed by atoms with E-state index in [0.717, 1.165) is 51.4 Å². The molecule has 2 aromatic carbocycles. The number of likely N-dealkylation sites (tertiary alicyclic amines) is 2. The van der Waals surface area contributed by atoms with E-state index in [4.69, 9.17) is 57.0 Å². The highest BCUT2D eigenvalue weighted by Crippen LogP contribution is 2.73. The summed E-state index contributed by atoms with van der Waals surface area (Å²) in [6.07, 6.45) is 7.96. The minimum atomic E-state index is -3.89. The Morgan fingerprint density at radius 1 is 0.624 bits per heavy atom. The van der Waals surface area contributed by atoms with E-state index in [0.29, 0.717) is 58.7 Å². The molecule has 2 aliphatic heterocycles. The number of nitrogens with two attached hydrogens (primary N) is 1. The van der Waals surface area contributed by atoms with E-state index in [2.05, 4.69) is 55.0 Å². The number of carbonyl (C=O) groups excluding carboxylic acids is 7. The first-order valence-electron chi connectivity index (χ1n) is 37.0. The van der Waals surface area contributed by atoms with E-state index in [-0.39, 0.29) is 91.9 Å². The van der Waals surface area contributed by atoms with Gasteiger partial charge in [-0.3, -0.25) is 28.3 Å². The Kier molecular flexibility index (Phi) is 29.5. The van der Waals surface area contributed by atoms with Gasteiger partial charge in [0.15, 0.2) is 11.5 Å². The molecule has 10 atom stereocenters. The summed E-state index contributed by atoms with van der Waals surface area (Å²) >= 11 is 3.22. The summed E-state index contributed by atoms with van der Waals surface area (Å²) < 4.78 is 87.7. The molecule has 2 aromatic heterocycles. The van der Waals surface area contributed by atoms with E-state index >= 15 is 0 Å². The number of pyridine rings is 2. The summed E-state index contributed by atoms with van der Waals surface area (Å²) in [6.45, 7) is 26.1. The van der Waals surface area contributed by atoms with Gasteiger partial charge >= 0.3 is 39.3 Å². The zero-order valence-corrected chi connectivity index (χ0v) is 67.9. The number of halogens is 1. The number of Topliss-reactive ketones (excluding diaryl/α,β-unsaturated/α-hetero) is 1. The molecule has 1 unspecified atom stereocenters. The van der Waals surface area contributed by atoms with Crippen LogP contribution in [0.15, 0.2) is 73.8 Å². The number of aromatic nitrogens is 2. The Balaban J connectivity index is 0.000000238. The van der Waals surface area contributed by atoms with Gasteiger partial charge in [0.25, 0.3) is 0 Å². The summed E-state index contributed by atoms with van der Waals surface area (Å²) in [5, 5.41) is 17.5. The number of hydrogen-bond donors (Lipinski definition) is 5. The van der Waals surface area contributed by atoms with Gasteiger partial charge in [-0.25, -0.2) is 29.1 Å². The van der Waals surface area contributed by atoms with E-state index < -0.39 is 121 Å². The Hall–Kier alpha value is -7.76. The number of alkyl carbamates (subject to hydrolysis) is 2. The number of ketones is 1. The molecule has 10 rings (SSSR count). The van der Waals surface area contributed by atoms with Gasteiger partial charge in [-0.15, -0.1) is 13.2 Å². The highest BCUT2D eigenvalue weighted by molar-refractivity contribution is 9.09. The van der Waals surface area contributed by atoms with Crippen molar-refractivity contribution in [2.75, 3.05) is 66.2 Å². The van der Waals surface area contributed by atoms with Crippen molar-refractivity contribution in [2.45, 2.75) is 205 Å². The lowest BCUT2D eigenvalue weighted by atomic mass is 9.85. The fourth-order valence-electron chi connectivity index (χ4n) is 14.1. The molecule has 4 aromatic rings. The zero-order chi connectivity index (χ0) is 80.1. The largest absolute Gasteiger partial charge is 0.497 e. The maximum absolute atomic E-state index is 14.7. The van der Waals surface area contributed by atoms with E-state index in [9.17, 15) is 52.6 Å². The van der Waals surface area contributed by atoms with Gasteiger partial charge in [0.05, 0.1) is 77.2 Å². The van der Waals surface area contributed by atoms with E-state index in [1.54, 1.807) is 103 Å². The summed E-state index contributed by atoms with van der Waals surface area (Å²) in [5.41, 5.74) is 5.49. The van der Waals surface area contributed by atoms with Gasteiger partial charge in [-0.1, -0.05) is 69.6 Å². The molecule has 6 fully saturated rings. The van der Waals surface area contributed by atoms with Crippen LogP contribution in [0.2, 0.25) is 0 Å². The summed E-state index contributed by atoms with van der Waals surface area (Å²) in [4.78, 5) is 118. The fourth-order valence-corrected chi connectivity index (χ4v) is 18.9. The number of esters is 1. The van der Waals surface area contributed by atoms with E-state index in [1.165, 1.54) is 37.2 Å². The number of methoxy groups -OCH3 is 3. The van der Waals surface area contributed by atoms with Crippen molar-refractivity contribution in [3.8, 4) is 23.0 Å². The lowest BCUT2D eigenvalue weighted by Gasteiger charge is -2.36. The molecule has 30 nitrogen and oxygen atoms in total. The monoisotopic (exact) mass is 1620 g/mol. The fraction of sp³-hybridized carbons (Fsp3) is 0.605. The normalized spacial score (nSPS) is 23.2. The Morgan fingerprint density at radius 3 is 1.43 bits per heavy atom. The lowest BCUT2D eigenvalue weighted by molar-refractivity contribution is -0.150. The quantitative estimate of drug-likeness (QED) is 0.00808. The molecule has 5 amide bonds. The van der Waals surface area contributed by atoms with Crippen LogP contribution in [0.3, 0.4) is 0 Å². The first-order chi connectivity index (χ1) is 51.6. The highest BCUT2D eigenvalue weighted by atomic mass is 79.9. The molecule has 4 aliphatic carbocycles. The van der Waals surface area contributed by atoms with Crippen molar-refractivity contribution in [3.63, 3.8) is 0 Å². The molecule has 0 spiro atoms. The third-order valence-electron chi connectivity index (χ3n) is 20.0. The van der Waals surface area contributed by atoms with Gasteiger partial charge in [0, 0.05) is 59.7 Å². The van der Waals surface area contributed by atoms with Crippen molar-refractivity contribution < 1.29 is 104 Å². The predicted molar refractivity (Wildman–Crippen MR) is 409 cm³/mol. The van der Waals surface area contributed by atoms with Crippen LogP contribution >= 0.6 is 31.1 Å². The van der Waals surface area contributed by atoms with Crippen LogP contribution in [0.4, 0.5) is 9.59 Å². The Bertz CT molecular complexity index is 4070. The van der Waals surface area contributed by atoms with Crippen LogP contribution < -0.4 is 40.6 Å². The molecule has 4 heterocycles. The van der Waals surface area contributed by atoms with Gasteiger partial charge < -0.3 is 87.8 Å². The van der Waals surface area contributed by atoms with Gasteiger partial charge in [-0.05, 0) is 127 Å². The highest BCUT2D eigenvalue weighted by Gasteiger charge is 2.69. The molecule has 600 valence electrons. The SMILES string of the molecule is C=CC1C[C@]1(N)P(=O)(OCC)OCC.C=C[C@@H]1C[C@]1(NC(=O)[C@@H]1C[C@@H](Oc2cc(C(=O)CBr)nc3cc(OC)ccc23)CN1C(=O)[C@@H](NC(=O)OC1CCCC1)C(C)(C)C)P(=O)(OCC)OCC.COC(=O)c1cc(O[C@@H]2C[C@@H](C(=O)O)N(C(=O)[C@@H](NC(=O)OC3CCCC3)C(C)(C)C)C2)c2ccc(OC)cc2n1. The van der Waals surface area contributed by atoms with Crippen LogP contribution in [0.25, 0.3) is 21.8 Å². The number of ether oxygens (including phenoxy) is 7.